The smallest absolute Gasteiger partial charge is 0.0596 e. The van der Waals surface area contributed by atoms with Gasteiger partial charge in [0.05, 0.1) is 6.17 Å². The van der Waals surface area contributed by atoms with Crippen molar-refractivity contribution in [2.75, 3.05) is 19.6 Å². The molecule has 0 spiro atoms. The quantitative estimate of drug-likeness (QED) is 0.637. The summed E-state index contributed by atoms with van der Waals surface area (Å²) in [5.74, 6) is 0. The Bertz CT molecular complexity index is 134. The Labute approximate surface area is 76.5 Å². The molecule has 2 heteroatoms. The summed E-state index contributed by atoms with van der Waals surface area (Å²) in [6.45, 7) is 12.8. The van der Waals surface area contributed by atoms with Gasteiger partial charge in [-0.05, 0) is 26.4 Å². The fraction of sp³-hybridized carbons (Fsp3) is 1.00. The van der Waals surface area contributed by atoms with E-state index in [0.29, 0.717) is 6.17 Å². The lowest BCUT2D eigenvalue weighted by Gasteiger charge is -2.26. The number of nitrogens with zero attached hydrogens (tertiary/aromatic N) is 2. The van der Waals surface area contributed by atoms with Crippen LogP contribution in [0.25, 0.3) is 0 Å². The summed E-state index contributed by atoms with van der Waals surface area (Å²) < 4.78 is 0. The Hall–Kier alpha value is -0.0800. The first-order valence-electron chi connectivity index (χ1n) is 5.24. The topological polar surface area (TPSA) is 6.48 Å². The van der Waals surface area contributed by atoms with Crippen LogP contribution in [-0.2, 0) is 0 Å². The van der Waals surface area contributed by atoms with Crippen molar-refractivity contribution in [2.45, 2.75) is 46.3 Å². The van der Waals surface area contributed by atoms with E-state index >= 15 is 0 Å². The van der Waals surface area contributed by atoms with Crippen LogP contribution in [0.3, 0.4) is 0 Å². The molecule has 0 amide bonds. The number of rotatable bonds is 3. The second-order valence-electron chi connectivity index (χ2n) is 3.61. The molecule has 1 saturated heterocycles. The zero-order chi connectivity index (χ0) is 9.14. The molecule has 1 rings (SSSR count). The van der Waals surface area contributed by atoms with E-state index in [9.17, 15) is 0 Å². The standard InChI is InChI=1S/C10H22N2/c1-5-10-8-11(6-2)9(4)12(10)7-3/h9-10H,5-8H2,1-4H3. The van der Waals surface area contributed by atoms with Gasteiger partial charge in [0.2, 0.25) is 0 Å². The molecule has 72 valence electrons. The molecule has 2 atom stereocenters. The molecule has 0 N–H and O–H groups in total. The lowest BCUT2D eigenvalue weighted by molar-refractivity contribution is 0.145. The molecular formula is C10H22N2. The highest BCUT2D eigenvalue weighted by atomic mass is 15.4. The van der Waals surface area contributed by atoms with E-state index in [1.165, 1.54) is 26.1 Å². The van der Waals surface area contributed by atoms with Crippen LogP contribution in [0.15, 0.2) is 0 Å². The molecule has 12 heavy (non-hydrogen) atoms. The summed E-state index contributed by atoms with van der Waals surface area (Å²) in [7, 11) is 0. The van der Waals surface area contributed by atoms with Gasteiger partial charge in [0, 0.05) is 12.6 Å². The lowest BCUT2D eigenvalue weighted by atomic mass is 10.2. The third kappa shape index (κ3) is 1.64. The Kier molecular flexibility index (Phi) is 3.53. The zero-order valence-corrected chi connectivity index (χ0v) is 8.88. The van der Waals surface area contributed by atoms with Crippen LogP contribution >= 0.6 is 0 Å². The molecule has 0 aromatic carbocycles. The number of likely N-dealkylation sites (N-methyl/N-ethyl adjacent to an activating group) is 2. The molecule has 2 nitrogen and oxygen atoms in total. The van der Waals surface area contributed by atoms with Gasteiger partial charge < -0.3 is 0 Å². The minimum atomic E-state index is 0.657. The molecule has 2 unspecified atom stereocenters. The summed E-state index contributed by atoms with van der Waals surface area (Å²) in [4.78, 5) is 5.15. The minimum absolute atomic E-state index is 0.657. The van der Waals surface area contributed by atoms with E-state index in [1.807, 2.05) is 0 Å². The highest BCUT2D eigenvalue weighted by molar-refractivity contribution is 4.85. The van der Waals surface area contributed by atoms with Crippen molar-refractivity contribution in [3.63, 3.8) is 0 Å². The fourth-order valence-electron chi connectivity index (χ4n) is 2.32. The van der Waals surface area contributed by atoms with Crippen molar-refractivity contribution < 1.29 is 0 Å². The van der Waals surface area contributed by atoms with E-state index in [-0.39, 0.29) is 0 Å². The third-order valence-corrected chi connectivity index (χ3v) is 3.17. The molecule has 0 aromatic heterocycles. The molecular weight excluding hydrogens is 148 g/mol. The summed E-state index contributed by atoms with van der Waals surface area (Å²) in [6.07, 6.45) is 1.94. The van der Waals surface area contributed by atoms with Crippen LogP contribution in [-0.4, -0.2) is 41.6 Å². The van der Waals surface area contributed by atoms with E-state index in [1.54, 1.807) is 0 Å². The van der Waals surface area contributed by atoms with Crippen molar-refractivity contribution in [1.82, 2.24) is 9.80 Å². The molecule has 1 aliphatic heterocycles. The van der Waals surface area contributed by atoms with Crippen LogP contribution in [0.1, 0.15) is 34.1 Å². The first kappa shape index (κ1) is 10.0. The van der Waals surface area contributed by atoms with Crippen LogP contribution in [0.2, 0.25) is 0 Å². The van der Waals surface area contributed by atoms with Crippen LogP contribution < -0.4 is 0 Å². The van der Waals surface area contributed by atoms with Crippen molar-refractivity contribution >= 4 is 0 Å². The zero-order valence-electron chi connectivity index (χ0n) is 8.88. The van der Waals surface area contributed by atoms with Gasteiger partial charge >= 0.3 is 0 Å². The van der Waals surface area contributed by atoms with E-state index < -0.39 is 0 Å². The van der Waals surface area contributed by atoms with Gasteiger partial charge in [-0.1, -0.05) is 20.8 Å². The first-order chi connectivity index (χ1) is 5.74. The Morgan fingerprint density at radius 2 is 1.83 bits per heavy atom. The predicted molar refractivity (Wildman–Crippen MR) is 53.2 cm³/mol. The molecule has 0 radical (unpaired) electrons. The maximum atomic E-state index is 2.60. The molecule has 1 fully saturated rings. The first-order valence-corrected chi connectivity index (χ1v) is 5.24. The summed E-state index contributed by atoms with van der Waals surface area (Å²) in [5.41, 5.74) is 0. The fourth-order valence-corrected chi connectivity index (χ4v) is 2.32. The van der Waals surface area contributed by atoms with Crippen molar-refractivity contribution in [2.24, 2.45) is 0 Å². The monoisotopic (exact) mass is 170 g/mol. The molecule has 0 bridgehead atoms. The highest BCUT2D eigenvalue weighted by Crippen LogP contribution is 2.21. The largest absolute Gasteiger partial charge is 0.287 e. The normalized spacial score (nSPS) is 33.0. The van der Waals surface area contributed by atoms with Gasteiger partial charge in [0.1, 0.15) is 0 Å². The molecule has 0 aromatic rings. The van der Waals surface area contributed by atoms with Gasteiger partial charge in [-0.3, -0.25) is 9.80 Å². The Balaban J connectivity index is 2.58. The second kappa shape index (κ2) is 4.24. The number of hydrogen-bond donors (Lipinski definition) is 0. The van der Waals surface area contributed by atoms with Gasteiger partial charge in [0.15, 0.2) is 0 Å². The maximum Gasteiger partial charge on any atom is 0.0596 e. The van der Waals surface area contributed by atoms with E-state index in [2.05, 4.69) is 37.5 Å². The van der Waals surface area contributed by atoms with Gasteiger partial charge in [0.25, 0.3) is 0 Å². The van der Waals surface area contributed by atoms with Gasteiger partial charge in [-0.2, -0.15) is 0 Å². The predicted octanol–water partition coefficient (Wildman–Crippen LogP) is 1.77. The molecule has 1 heterocycles. The van der Waals surface area contributed by atoms with Crippen molar-refractivity contribution in [3.05, 3.63) is 0 Å². The maximum absolute atomic E-state index is 2.60. The SMILES string of the molecule is CCC1CN(CC)C(C)N1CC. The van der Waals surface area contributed by atoms with Crippen LogP contribution in [0.5, 0.6) is 0 Å². The Morgan fingerprint density at radius 1 is 1.17 bits per heavy atom. The third-order valence-electron chi connectivity index (χ3n) is 3.17. The van der Waals surface area contributed by atoms with Gasteiger partial charge in [-0.25, -0.2) is 0 Å². The van der Waals surface area contributed by atoms with E-state index in [4.69, 9.17) is 0 Å². The number of hydrogen-bond acceptors (Lipinski definition) is 2. The molecule has 0 aliphatic carbocycles. The summed E-state index contributed by atoms with van der Waals surface area (Å²) in [6, 6.07) is 0.796. The molecule has 0 saturated carbocycles. The highest BCUT2D eigenvalue weighted by Gasteiger charge is 2.32. The summed E-state index contributed by atoms with van der Waals surface area (Å²) in [5, 5.41) is 0. The molecule has 1 aliphatic rings. The van der Waals surface area contributed by atoms with Gasteiger partial charge in [-0.15, -0.1) is 0 Å². The van der Waals surface area contributed by atoms with Crippen molar-refractivity contribution in [3.8, 4) is 0 Å². The Morgan fingerprint density at radius 3 is 2.17 bits per heavy atom. The van der Waals surface area contributed by atoms with Crippen LogP contribution in [0.4, 0.5) is 0 Å². The second-order valence-corrected chi connectivity index (χ2v) is 3.61. The van der Waals surface area contributed by atoms with Crippen LogP contribution in [0, 0.1) is 0 Å². The van der Waals surface area contributed by atoms with E-state index in [0.717, 1.165) is 6.04 Å². The van der Waals surface area contributed by atoms with Crippen molar-refractivity contribution in [1.29, 1.82) is 0 Å². The average molecular weight is 170 g/mol. The average Bonchev–Trinajstić information content (AvgIpc) is 2.41. The lowest BCUT2D eigenvalue weighted by Crippen LogP contribution is -2.37. The summed E-state index contributed by atoms with van der Waals surface area (Å²) >= 11 is 0. The minimum Gasteiger partial charge on any atom is -0.287 e.